The zero-order valence-corrected chi connectivity index (χ0v) is 18.3. The van der Waals surface area contributed by atoms with Gasteiger partial charge in [-0.1, -0.05) is 24.3 Å². The molecule has 0 spiro atoms. The predicted molar refractivity (Wildman–Crippen MR) is 118 cm³/mol. The molecule has 0 unspecified atom stereocenters. The molecule has 1 aromatic heterocycles. The number of aromatic nitrogens is 2. The molecule has 0 aliphatic rings. The standard InChI is InChI=1S/C24H17F3N2O3S/c1-14-11-16(5-10-22(14)33(2,31)32)19-13-28-29(18-8-9-20(26)21(27)12-18)24(30)23(19)15-3-6-17(25)7-4-15/h3-13H,1-2H3. The fourth-order valence-electron chi connectivity index (χ4n) is 3.60. The van der Waals surface area contributed by atoms with Crippen molar-refractivity contribution in [2.75, 3.05) is 6.26 Å². The third-order valence-electron chi connectivity index (χ3n) is 5.14. The van der Waals surface area contributed by atoms with Crippen LogP contribution >= 0.6 is 0 Å². The molecule has 0 saturated heterocycles. The van der Waals surface area contributed by atoms with Gasteiger partial charge >= 0.3 is 0 Å². The van der Waals surface area contributed by atoms with Gasteiger partial charge < -0.3 is 0 Å². The van der Waals surface area contributed by atoms with Crippen LogP contribution in [-0.2, 0) is 9.84 Å². The molecular formula is C24H17F3N2O3S. The molecule has 0 atom stereocenters. The van der Waals surface area contributed by atoms with Crippen LogP contribution in [0.5, 0.6) is 0 Å². The first-order valence-electron chi connectivity index (χ1n) is 9.71. The van der Waals surface area contributed by atoms with E-state index in [0.717, 1.165) is 23.1 Å². The van der Waals surface area contributed by atoms with Crippen molar-refractivity contribution < 1.29 is 21.6 Å². The van der Waals surface area contributed by atoms with Crippen LogP contribution in [0, 0.1) is 24.4 Å². The zero-order valence-electron chi connectivity index (χ0n) is 17.5. The summed E-state index contributed by atoms with van der Waals surface area (Å²) in [5, 5.41) is 4.12. The molecule has 4 aromatic rings. The van der Waals surface area contributed by atoms with E-state index in [-0.39, 0.29) is 16.1 Å². The molecule has 168 valence electrons. The zero-order chi connectivity index (χ0) is 23.9. The first-order chi connectivity index (χ1) is 15.6. The van der Waals surface area contributed by atoms with Crippen LogP contribution in [0.4, 0.5) is 13.2 Å². The van der Waals surface area contributed by atoms with Gasteiger partial charge in [0.25, 0.3) is 5.56 Å². The molecule has 0 saturated carbocycles. The second-order valence-electron chi connectivity index (χ2n) is 7.51. The molecule has 1 heterocycles. The highest BCUT2D eigenvalue weighted by Gasteiger charge is 2.19. The largest absolute Gasteiger partial charge is 0.280 e. The van der Waals surface area contributed by atoms with Gasteiger partial charge in [0.05, 0.1) is 22.3 Å². The van der Waals surface area contributed by atoms with Crippen molar-refractivity contribution in [1.82, 2.24) is 9.78 Å². The topological polar surface area (TPSA) is 69.0 Å². The van der Waals surface area contributed by atoms with Crippen LogP contribution < -0.4 is 5.56 Å². The van der Waals surface area contributed by atoms with E-state index in [0.29, 0.717) is 22.3 Å². The Bertz CT molecular complexity index is 1550. The number of rotatable bonds is 4. The Morgan fingerprint density at radius 2 is 1.52 bits per heavy atom. The van der Waals surface area contributed by atoms with Crippen molar-refractivity contribution in [3.8, 4) is 27.9 Å². The highest BCUT2D eigenvalue weighted by molar-refractivity contribution is 7.90. The Morgan fingerprint density at radius 3 is 2.12 bits per heavy atom. The number of hydrogen-bond donors (Lipinski definition) is 0. The van der Waals surface area contributed by atoms with E-state index in [4.69, 9.17) is 0 Å². The predicted octanol–water partition coefficient (Wildman–Crippen LogP) is 4.70. The van der Waals surface area contributed by atoms with Crippen LogP contribution in [0.2, 0.25) is 0 Å². The maximum atomic E-state index is 13.8. The molecule has 0 N–H and O–H groups in total. The first-order valence-corrected chi connectivity index (χ1v) is 11.6. The molecule has 0 aliphatic carbocycles. The van der Waals surface area contributed by atoms with Gasteiger partial charge in [0.2, 0.25) is 0 Å². The average Bonchev–Trinajstić information content (AvgIpc) is 2.75. The van der Waals surface area contributed by atoms with Crippen molar-refractivity contribution in [2.45, 2.75) is 11.8 Å². The molecular weight excluding hydrogens is 453 g/mol. The molecule has 0 amide bonds. The molecule has 0 bridgehead atoms. The molecule has 33 heavy (non-hydrogen) atoms. The Balaban J connectivity index is 1.99. The minimum absolute atomic E-state index is 0.0115. The van der Waals surface area contributed by atoms with Gasteiger partial charge in [0.15, 0.2) is 21.5 Å². The normalized spacial score (nSPS) is 11.5. The smallest absolute Gasteiger partial charge is 0.267 e. The van der Waals surface area contributed by atoms with Gasteiger partial charge in [-0.15, -0.1) is 0 Å². The average molecular weight is 470 g/mol. The summed E-state index contributed by atoms with van der Waals surface area (Å²) in [6.07, 6.45) is 2.47. The van der Waals surface area contributed by atoms with Crippen LogP contribution in [0.1, 0.15) is 5.56 Å². The van der Waals surface area contributed by atoms with E-state index < -0.39 is 32.8 Å². The van der Waals surface area contributed by atoms with Crippen molar-refractivity contribution in [1.29, 1.82) is 0 Å². The number of sulfone groups is 1. The summed E-state index contributed by atoms with van der Waals surface area (Å²) in [5.74, 6) is -2.70. The van der Waals surface area contributed by atoms with Crippen molar-refractivity contribution in [3.63, 3.8) is 0 Å². The molecule has 0 aliphatic heterocycles. The lowest BCUT2D eigenvalue weighted by Crippen LogP contribution is -2.23. The number of nitrogens with zero attached hydrogens (tertiary/aromatic N) is 2. The minimum Gasteiger partial charge on any atom is -0.267 e. The van der Waals surface area contributed by atoms with Crippen LogP contribution in [0.3, 0.4) is 0 Å². The summed E-state index contributed by atoms with van der Waals surface area (Å²) in [6.45, 7) is 1.63. The fraction of sp³-hybridized carbons (Fsp3) is 0.0833. The highest BCUT2D eigenvalue weighted by atomic mass is 32.2. The van der Waals surface area contributed by atoms with Gasteiger partial charge in [-0.25, -0.2) is 21.6 Å². The van der Waals surface area contributed by atoms with E-state index in [2.05, 4.69) is 5.10 Å². The van der Waals surface area contributed by atoms with E-state index in [9.17, 15) is 26.4 Å². The number of halogens is 3. The molecule has 5 nitrogen and oxygen atoms in total. The lowest BCUT2D eigenvalue weighted by molar-refractivity contribution is 0.507. The molecule has 0 fully saturated rings. The lowest BCUT2D eigenvalue weighted by atomic mass is 9.96. The number of aryl methyl sites for hydroxylation is 1. The maximum Gasteiger partial charge on any atom is 0.280 e. The maximum absolute atomic E-state index is 13.8. The summed E-state index contributed by atoms with van der Waals surface area (Å²) >= 11 is 0. The lowest BCUT2D eigenvalue weighted by Gasteiger charge is -2.14. The van der Waals surface area contributed by atoms with E-state index >= 15 is 0 Å². The van der Waals surface area contributed by atoms with Gasteiger partial charge in [-0.05, 0) is 53.9 Å². The van der Waals surface area contributed by atoms with Gasteiger partial charge in [-0.3, -0.25) is 4.79 Å². The summed E-state index contributed by atoms with van der Waals surface area (Å²) in [7, 11) is -3.45. The second-order valence-corrected chi connectivity index (χ2v) is 9.49. The summed E-state index contributed by atoms with van der Waals surface area (Å²) in [5.41, 5.74) is 1.24. The van der Waals surface area contributed by atoms with Crippen molar-refractivity contribution in [3.05, 3.63) is 100 Å². The molecule has 3 aromatic carbocycles. The van der Waals surface area contributed by atoms with Gasteiger partial charge in [-0.2, -0.15) is 9.78 Å². The minimum atomic E-state index is -3.45. The second kappa shape index (κ2) is 8.32. The van der Waals surface area contributed by atoms with Crippen LogP contribution in [0.15, 0.2) is 76.6 Å². The quantitative estimate of drug-likeness (QED) is 0.434. The third-order valence-corrected chi connectivity index (χ3v) is 6.40. The van der Waals surface area contributed by atoms with Gasteiger partial charge in [0.1, 0.15) is 5.82 Å². The fourth-order valence-corrected chi connectivity index (χ4v) is 4.56. The Hall–Kier alpha value is -3.72. The summed E-state index contributed by atoms with van der Waals surface area (Å²) in [6, 6.07) is 12.8. The monoisotopic (exact) mass is 470 g/mol. The summed E-state index contributed by atoms with van der Waals surface area (Å²) in [4.78, 5) is 13.6. The SMILES string of the molecule is Cc1cc(-c2cnn(-c3ccc(F)c(F)c3)c(=O)c2-c2ccc(F)cc2)ccc1S(C)(=O)=O. The highest BCUT2D eigenvalue weighted by Crippen LogP contribution is 2.31. The Morgan fingerprint density at radius 1 is 0.848 bits per heavy atom. The van der Waals surface area contributed by atoms with Crippen LogP contribution in [0.25, 0.3) is 27.9 Å². The number of benzene rings is 3. The van der Waals surface area contributed by atoms with E-state index in [1.165, 1.54) is 42.6 Å². The molecule has 9 heteroatoms. The summed E-state index contributed by atoms with van der Waals surface area (Å²) < 4.78 is 65.5. The Labute approximate surface area is 187 Å². The first kappa shape index (κ1) is 22.5. The number of hydrogen-bond acceptors (Lipinski definition) is 4. The van der Waals surface area contributed by atoms with E-state index in [1.807, 2.05) is 0 Å². The third kappa shape index (κ3) is 4.31. The van der Waals surface area contributed by atoms with E-state index in [1.54, 1.807) is 19.1 Å². The molecule has 4 rings (SSSR count). The molecule has 0 radical (unpaired) electrons. The van der Waals surface area contributed by atoms with Gasteiger partial charge in [0, 0.05) is 17.9 Å². The Kier molecular flexibility index (Phi) is 5.67. The van der Waals surface area contributed by atoms with Crippen LogP contribution in [-0.4, -0.2) is 24.5 Å². The van der Waals surface area contributed by atoms with Crippen molar-refractivity contribution in [2.24, 2.45) is 0 Å². The van der Waals surface area contributed by atoms with Crippen molar-refractivity contribution >= 4 is 9.84 Å².